The summed E-state index contributed by atoms with van der Waals surface area (Å²) in [6.07, 6.45) is 1.63. The Kier molecular flexibility index (Phi) is 6.10. The van der Waals surface area contributed by atoms with Crippen LogP contribution in [0.15, 0.2) is 86.8 Å². The summed E-state index contributed by atoms with van der Waals surface area (Å²) in [5, 5.41) is 14.8. The van der Waals surface area contributed by atoms with Gasteiger partial charge in [-0.05, 0) is 24.3 Å². The van der Waals surface area contributed by atoms with E-state index in [1.807, 2.05) is 0 Å². The van der Waals surface area contributed by atoms with Crippen molar-refractivity contribution >= 4 is 15.7 Å². The second kappa shape index (κ2) is 9.12. The highest BCUT2D eigenvalue weighted by atomic mass is 32.2. The van der Waals surface area contributed by atoms with E-state index >= 15 is 0 Å². The molecule has 0 saturated heterocycles. The van der Waals surface area contributed by atoms with Crippen LogP contribution in [0.5, 0.6) is 0 Å². The molecule has 0 radical (unpaired) electrons. The molecule has 2 aromatic heterocycles. The summed E-state index contributed by atoms with van der Waals surface area (Å²) >= 11 is 0. The van der Waals surface area contributed by atoms with Crippen molar-refractivity contribution in [2.75, 3.05) is 6.54 Å². The number of rotatable bonds is 9. The number of benzene rings is 2. The van der Waals surface area contributed by atoms with Crippen molar-refractivity contribution in [3.63, 3.8) is 0 Å². The minimum absolute atomic E-state index is 0.0378. The summed E-state index contributed by atoms with van der Waals surface area (Å²) in [4.78, 5) is 14.9. The Morgan fingerprint density at radius 3 is 2.56 bits per heavy atom. The van der Waals surface area contributed by atoms with Gasteiger partial charge >= 0.3 is 0 Å². The molecule has 164 valence electrons. The topological polar surface area (TPSA) is 133 Å². The van der Waals surface area contributed by atoms with Crippen LogP contribution in [0.1, 0.15) is 11.7 Å². The zero-order valence-corrected chi connectivity index (χ0v) is 17.5. The van der Waals surface area contributed by atoms with Gasteiger partial charge in [0.15, 0.2) is 0 Å². The quantitative estimate of drug-likeness (QED) is 0.276. The number of aromatic nitrogens is 2. The maximum absolute atomic E-state index is 13.2. The molecular formula is C21H18N4O6S. The Hall–Kier alpha value is -3.83. The van der Waals surface area contributed by atoms with E-state index in [0.717, 1.165) is 0 Å². The van der Waals surface area contributed by atoms with Crippen molar-refractivity contribution in [3.05, 3.63) is 94.8 Å². The van der Waals surface area contributed by atoms with E-state index < -0.39 is 14.9 Å². The molecule has 0 amide bonds. The zero-order valence-electron chi connectivity index (χ0n) is 16.7. The summed E-state index contributed by atoms with van der Waals surface area (Å²) < 4.78 is 38.2. The molecule has 2 aromatic carbocycles. The molecule has 0 aliphatic rings. The number of hydrogen-bond donors (Lipinski definition) is 0. The van der Waals surface area contributed by atoms with Gasteiger partial charge in [0.2, 0.25) is 21.7 Å². The van der Waals surface area contributed by atoms with Gasteiger partial charge < -0.3 is 8.94 Å². The van der Waals surface area contributed by atoms with Crippen LogP contribution < -0.4 is 0 Å². The number of non-ortho nitro benzene ring substituents is 1. The third-order valence-corrected chi connectivity index (χ3v) is 6.51. The van der Waals surface area contributed by atoms with Gasteiger partial charge in [-0.3, -0.25) is 10.1 Å². The predicted molar refractivity (Wildman–Crippen MR) is 113 cm³/mol. The van der Waals surface area contributed by atoms with Crippen LogP contribution in [0.2, 0.25) is 0 Å². The average molecular weight is 454 g/mol. The van der Waals surface area contributed by atoms with Crippen molar-refractivity contribution in [3.8, 4) is 11.4 Å². The first kappa shape index (κ1) is 21.4. The lowest BCUT2D eigenvalue weighted by atomic mass is 10.2. The van der Waals surface area contributed by atoms with Gasteiger partial charge in [0.05, 0.1) is 22.6 Å². The monoisotopic (exact) mass is 454 g/mol. The number of nitrogens with zero attached hydrogens (tertiary/aromatic N) is 4. The van der Waals surface area contributed by atoms with E-state index in [9.17, 15) is 18.5 Å². The zero-order chi connectivity index (χ0) is 22.6. The first-order chi connectivity index (χ1) is 15.4. The Morgan fingerprint density at radius 2 is 1.84 bits per heavy atom. The van der Waals surface area contributed by atoms with E-state index in [4.69, 9.17) is 8.94 Å². The standard InChI is InChI=1S/C21H18N4O6S/c26-25(27)17-7-4-6-16(14-17)21-22-20(31-23-21)11-12-24(15-18-8-5-13-30-18)32(28,29)19-9-2-1-3-10-19/h1-10,13-14H,11-12,15H2. The van der Waals surface area contributed by atoms with E-state index in [1.165, 1.54) is 40.9 Å². The Labute approximate surface area is 183 Å². The molecule has 0 aliphatic heterocycles. The van der Waals surface area contributed by atoms with Crippen molar-refractivity contribution < 1.29 is 22.3 Å². The van der Waals surface area contributed by atoms with E-state index in [1.54, 1.807) is 36.4 Å². The Balaban J connectivity index is 1.54. The first-order valence-corrected chi connectivity index (χ1v) is 11.0. The van der Waals surface area contributed by atoms with Crippen molar-refractivity contribution in [1.82, 2.24) is 14.4 Å². The maximum atomic E-state index is 13.2. The minimum atomic E-state index is -3.80. The number of hydrogen-bond acceptors (Lipinski definition) is 8. The lowest BCUT2D eigenvalue weighted by Gasteiger charge is -2.20. The van der Waals surface area contributed by atoms with Gasteiger partial charge in [0.25, 0.3) is 5.69 Å². The third kappa shape index (κ3) is 4.74. The van der Waals surface area contributed by atoms with Gasteiger partial charge in [0.1, 0.15) is 5.76 Å². The largest absolute Gasteiger partial charge is 0.468 e. The molecule has 0 unspecified atom stereocenters. The normalized spacial score (nSPS) is 11.7. The second-order valence-corrected chi connectivity index (χ2v) is 8.74. The molecule has 0 bridgehead atoms. The van der Waals surface area contributed by atoms with Crippen LogP contribution in [-0.4, -0.2) is 34.3 Å². The molecule has 0 saturated carbocycles. The predicted octanol–water partition coefficient (Wildman–Crippen LogP) is 3.67. The minimum Gasteiger partial charge on any atom is -0.468 e. The summed E-state index contributed by atoms with van der Waals surface area (Å²) in [7, 11) is -3.80. The van der Waals surface area contributed by atoms with Crippen LogP contribution in [0.4, 0.5) is 5.69 Å². The summed E-state index contributed by atoms with van der Waals surface area (Å²) in [6.45, 7) is 0.102. The second-order valence-electron chi connectivity index (χ2n) is 6.80. The SMILES string of the molecule is O=[N+]([O-])c1cccc(-c2noc(CCN(Cc3ccco3)S(=O)(=O)c3ccccc3)n2)c1. The number of furan rings is 1. The molecule has 4 aromatic rings. The van der Waals surface area contributed by atoms with E-state index in [-0.39, 0.29) is 41.8 Å². The number of nitro benzene ring substituents is 1. The fraction of sp³-hybridized carbons (Fsp3) is 0.143. The Bertz CT molecular complexity index is 1300. The van der Waals surface area contributed by atoms with Crippen molar-refractivity contribution in [1.29, 1.82) is 0 Å². The van der Waals surface area contributed by atoms with E-state index in [2.05, 4.69) is 10.1 Å². The van der Waals surface area contributed by atoms with Crippen LogP contribution in [0, 0.1) is 10.1 Å². The lowest BCUT2D eigenvalue weighted by molar-refractivity contribution is -0.384. The van der Waals surface area contributed by atoms with Crippen LogP contribution in [-0.2, 0) is 23.0 Å². The summed E-state index contributed by atoms with van der Waals surface area (Å²) in [6, 6.07) is 17.4. The molecule has 0 atom stereocenters. The molecule has 0 fully saturated rings. The fourth-order valence-electron chi connectivity index (χ4n) is 3.05. The first-order valence-electron chi connectivity index (χ1n) is 9.58. The molecule has 4 rings (SSSR count). The molecule has 0 spiro atoms. The highest BCUT2D eigenvalue weighted by molar-refractivity contribution is 7.89. The smallest absolute Gasteiger partial charge is 0.270 e. The van der Waals surface area contributed by atoms with Gasteiger partial charge in [-0.25, -0.2) is 8.42 Å². The van der Waals surface area contributed by atoms with Crippen LogP contribution >= 0.6 is 0 Å². The van der Waals surface area contributed by atoms with Gasteiger partial charge in [0, 0.05) is 30.7 Å². The molecular weight excluding hydrogens is 436 g/mol. The average Bonchev–Trinajstić information content (AvgIpc) is 3.49. The highest BCUT2D eigenvalue weighted by Gasteiger charge is 2.26. The van der Waals surface area contributed by atoms with Gasteiger partial charge in [-0.2, -0.15) is 9.29 Å². The molecule has 2 heterocycles. The van der Waals surface area contributed by atoms with Crippen LogP contribution in [0.25, 0.3) is 11.4 Å². The highest BCUT2D eigenvalue weighted by Crippen LogP contribution is 2.22. The molecule has 11 heteroatoms. The fourth-order valence-corrected chi connectivity index (χ4v) is 4.48. The maximum Gasteiger partial charge on any atom is 0.270 e. The van der Waals surface area contributed by atoms with Crippen molar-refractivity contribution in [2.24, 2.45) is 0 Å². The lowest BCUT2D eigenvalue weighted by Crippen LogP contribution is -2.32. The summed E-state index contributed by atoms with van der Waals surface area (Å²) in [5.41, 5.74) is 0.339. The number of nitro groups is 1. The van der Waals surface area contributed by atoms with Crippen LogP contribution in [0.3, 0.4) is 0 Å². The molecule has 10 nitrogen and oxygen atoms in total. The molecule has 32 heavy (non-hydrogen) atoms. The molecule has 0 N–H and O–H groups in total. The Morgan fingerprint density at radius 1 is 1.03 bits per heavy atom. The van der Waals surface area contributed by atoms with Gasteiger partial charge in [-0.15, -0.1) is 0 Å². The summed E-state index contributed by atoms with van der Waals surface area (Å²) in [5.74, 6) is 0.888. The molecule has 0 aliphatic carbocycles. The number of sulfonamides is 1. The third-order valence-electron chi connectivity index (χ3n) is 4.65. The van der Waals surface area contributed by atoms with Crippen molar-refractivity contribution in [2.45, 2.75) is 17.9 Å². The van der Waals surface area contributed by atoms with Gasteiger partial charge in [-0.1, -0.05) is 35.5 Å². The van der Waals surface area contributed by atoms with E-state index in [0.29, 0.717) is 11.3 Å².